The van der Waals surface area contributed by atoms with Crippen molar-refractivity contribution in [1.29, 1.82) is 0 Å². The average Bonchev–Trinajstić information content (AvgIpc) is 3.35. The maximum Gasteiger partial charge on any atom is 0.226 e. The van der Waals surface area contributed by atoms with Gasteiger partial charge in [-0.2, -0.15) is 0 Å². The number of halogens is 1. The summed E-state index contributed by atoms with van der Waals surface area (Å²) in [5, 5.41) is 0.662. The Balaban J connectivity index is 1.25. The Hall–Kier alpha value is -2.83. The quantitative estimate of drug-likeness (QED) is 0.547. The van der Waals surface area contributed by atoms with Crippen molar-refractivity contribution in [2.75, 3.05) is 19.6 Å². The van der Waals surface area contributed by atoms with E-state index in [0.717, 1.165) is 63.1 Å². The molecule has 0 radical (unpaired) electrons. The Labute approximate surface area is 199 Å². The molecule has 0 spiro atoms. The van der Waals surface area contributed by atoms with E-state index in [1.54, 1.807) is 6.20 Å². The van der Waals surface area contributed by atoms with Crippen LogP contribution in [0.3, 0.4) is 0 Å². The van der Waals surface area contributed by atoms with Crippen LogP contribution in [0.2, 0.25) is 5.02 Å². The minimum atomic E-state index is 0.0216. The topological polar surface area (TPSA) is 62.2 Å². The van der Waals surface area contributed by atoms with Gasteiger partial charge in [0.05, 0.1) is 11.7 Å². The van der Waals surface area contributed by atoms with Crippen LogP contribution in [-0.4, -0.2) is 50.3 Å². The smallest absolute Gasteiger partial charge is 0.226 e. The van der Waals surface area contributed by atoms with E-state index >= 15 is 0 Å². The molecule has 0 bridgehead atoms. The van der Waals surface area contributed by atoms with Gasteiger partial charge >= 0.3 is 0 Å². The van der Waals surface area contributed by atoms with Crippen molar-refractivity contribution in [2.45, 2.75) is 38.3 Å². The lowest BCUT2D eigenvalue weighted by atomic mass is 9.94. The zero-order valence-electron chi connectivity index (χ0n) is 18.6. The summed E-state index contributed by atoms with van der Waals surface area (Å²) in [4.78, 5) is 31.3. The molecular weight excluding hydrogens is 434 g/mol. The zero-order chi connectivity index (χ0) is 22.6. The molecule has 2 aliphatic rings. The van der Waals surface area contributed by atoms with Crippen molar-refractivity contribution in [3.05, 3.63) is 77.3 Å². The Bertz CT molecular complexity index is 1100. The molecule has 6 nitrogen and oxygen atoms in total. The molecule has 5 rings (SSSR count). The standard InChI is InChI=1S/C26H28ClN5O/c27-22-4-1-3-21(17-22)25-29-13-8-23(30-25)24-5-2-14-32(24)26(33)20-9-15-31(16-10-20)18-19-6-11-28-12-7-19/h1,3-4,6-8,11-13,17,20,24H,2,5,9-10,14-16,18H2/t24-/m1/s1. The summed E-state index contributed by atoms with van der Waals surface area (Å²) in [6.45, 7) is 3.62. The van der Waals surface area contributed by atoms with Crippen molar-refractivity contribution < 1.29 is 4.79 Å². The summed E-state index contributed by atoms with van der Waals surface area (Å²) < 4.78 is 0. The van der Waals surface area contributed by atoms with Crippen LogP contribution in [0.1, 0.15) is 43.0 Å². The fourth-order valence-corrected chi connectivity index (χ4v) is 5.17. The average molecular weight is 462 g/mol. The van der Waals surface area contributed by atoms with E-state index in [1.807, 2.05) is 42.7 Å². The Morgan fingerprint density at radius 2 is 1.82 bits per heavy atom. The molecule has 2 fully saturated rings. The third-order valence-corrected chi connectivity index (χ3v) is 6.96. The predicted octanol–water partition coefficient (Wildman–Crippen LogP) is 4.77. The number of hydrogen-bond acceptors (Lipinski definition) is 5. The van der Waals surface area contributed by atoms with E-state index in [-0.39, 0.29) is 17.9 Å². The van der Waals surface area contributed by atoms with Crippen molar-refractivity contribution in [3.63, 3.8) is 0 Å². The first kappa shape index (κ1) is 22.0. The predicted molar refractivity (Wildman–Crippen MR) is 128 cm³/mol. The number of carbonyl (C=O) groups excluding carboxylic acids is 1. The summed E-state index contributed by atoms with van der Waals surface area (Å²) in [5.41, 5.74) is 3.08. The molecule has 1 aromatic carbocycles. The molecule has 0 saturated carbocycles. The molecule has 2 saturated heterocycles. The molecule has 2 aliphatic heterocycles. The van der Waals surface area contributed by atoms with Crippen molar-refractivity contribution in [2.24, 2.45) is 5.92 Å². The van der Waals surface area contributed by atoms with E-state index in [0.29, 0.717) is 10.8 Å². The first-order valence-corrected chi connectivity index (χ1v) is 12.1. The van der Waals surface area contributed by atoms with Gasteiger partial charge in [0.25, 0.3) is 0 Å². The third kappa shape index (κ3) is 5.07. The molecule has 4 heterocycles. The molecule has 7 heteroatoms. The molecule has 2 aromatic heterocycles. The van der Waals surface area contributed by atoms with Crippen LogP contribution >= 0.6 is 11.6 Å². The molecule has 1 amide bonds. The minimum Gasteiger partial charge on any atom is -0.334 e. The van der Waals surface area contributed by atoms with Crippen molar-refractivity contribution in [1.82, 2.24) is 24.8 Å². The minimum absolute atomic E-state index is 0.0216. The van der Waals surface area contributed by atoms with Crippen LogP contribution in [0.15, 0.2) is 61.1 Å². The monoisotopic (exact) mass is 461 g/mol. The van der Waals surface area contributed by atoms with Gasteiger partial charge in [0.1, 0.15) is 0 Å². The number of benzene rings is 1. The highest BCUT2D eigenvalue weighted by Crippen LogP contribution is 2.34. The summed E-state index contributed by atoms with van der Waals surface area (Å²) in [6.07, 6.45) is 9.23. The van der Waals surface area contributed by atoms with Gasteiger partial charge in [0, 0.05) is 48.2 Å². The maximum absolute atomic E-state index is 13.5. The number of nitrogens with zero attached hydrogens (tertiary/aromatic N) is 5. The number of piperidine rings is 1. The second-order valence-corrected chi connectivity index (χ2v) is 9.35. The van der Waals surface area contributed by atoms with E-state index in [2.05, 4.69) is 31.9 Å². The lowest BCUT2D eigenvalue weighted by Crippen LogP contribution is -2.42. The van der Waals surface area contributed by atoms with Crippen LogP contribution < -0.4 is 0 Å². The van der Waals surface area contributed by atoms with Gasteiger partial charge in [-0.05, 0) is 74.7 Å². The second-order valence-electron chi connectivity index (χ2n) is 8.91. The van der Waals surface area contributed by atoms with Gasteiger partial charge in [-0.15, -0.1) is 0 Å². The number of rotatable bonds is 5. The normalized spacial score (nSPS) is 19.7. The van der Waals surface area contributed by atoms with E-state index < -0.39 is 0 Å². The van der Waals surface area contributed by atoms with E-state index in [9.17, 15) is 4.79 Å². The summed E-state index contributed by atoms with van der Waals surface area (Å²) in [6, 6.07) is 13.7. The van der Waals surface area contributed by atoms with Gasteiger partial charge in [-0.25, -0.2) is 9.97 Å². The highest BCUT2D eigenvalue weighted by molar-refractivity contribution is 6.30. The fourth-order valence-electron chi connectivity index (χ4n) is 4.98. The zero-order valence-corrected chi connectivity index (χ0v) is 19.4. The van der Waals surface area contributed by atoms with E-state index in [4.69, 9.17) is 16.6 Å². The SMILES string of the molecule is O=C(C1CCN(Cc2ccncc2)CC1)N1CCC[C@@H]1c1ccnc(-c2cccc(Cl)c2)n1. The molecule has 0 N–H and O–H groups in total. The summed E-state index contributed by atoms with van der Waals surface area (Å²) in [5.74, 6) is 1.02. The van der Waals surface area contributed by atoms with Gasteiger partial charge in [0.15, 0.2) is 5.82 Å². The first-order valence-electron chi connectivity index (χ1n) is 11.7. The number of pyridine rings is 1. The number of carbonyl (C=O) groups is 1. The molecule has 3 aromatic rings. The number of aromatic nitrogens is 3. The largest absolute Gasteiger partial charge is 0.334 e. The molecule has 1 atom stereocenters. The highest BCUT2D eigenvalue weighted by atomic mass is 35.5. The van der Waals surface area contributed by atoms with Gasteiger partial charge in [-0.3, -0.25) is 14.7 Å². The van der Waals surface area contributed by atoms with Crippen LogP contribution in [0.5, 0.6) is 0 Å². The lowest BCUT2D eigenvalue weighted by Gasteiger charge is -2.34. The Morgan fingerprint density at radius 1 is 1.00 bits per heavy atom. The fraction of sp³-hybridized carbons (Fsp3) is 0.385. The maximum atomic E-state index is 13.5. The molecular formula is C26H28ClN5O. The number of likely N-dealkylation sites (tertiary alicyclic amines) is 2. The third-order valence-electron chi connectivity index (χ3n) is 6.73. The van der Waals surface area contributed by atoms with Gasteiger partial charge in [-0.1, -0.05) is 23.7 Å². The molecule has 0 unspecified atom stereocenters. The molecule has 170 valence electrons. The summed E-state index contributed by atoms with van der Waals surface area (Å²) in [7, 11) is 0. The van der Waals surface area contributed by atoms with Crippen molar-refractivity contribution in [3.8, 4) is 11.4 Å². The number of amides is 1. The lowest BCUT2D eigenvalue weighted by molar-refractivity contribution is -0.138. The Kier molecular flexibility index (Phi) is 6.65. The second kappa shape index (κ2) is 9.98. The van der Waals surface area contributed by atoms with Crippen LogP contribution in [-0.2, 0) is 11.3 Å². The molecule has 0 aliphatic carbocycles. The van der Waals surface area contributed by atoms with Gasteiger partial charge < -0.3 is 4.90 Å². The number of hydrogen-bond donors (Lipinski definition) is 0. The Morgan fingerprint density at radius 3 is 2.61 bits per heavy atom. The molecule has 33 heavy (non-hydrogen) atoms. The van der Waals surface area contributed by atoms with E-state index in [1.165, 1.54) is 5.56 Å². The van der Waals surface area contributed by atoms with Crippen LogP contribution in [0.4, 0.5) is 0 Å². The highest BCUT2D eigenvalue weighted by Gasteiger charge is 2.36. The van der Waals surface area contributed by atoms with Crippen LogP contribution in [0, 0.1) is 5.92 Å². The first-order chi connectivity index (χ1) is 16.2. The van der Waals surface area contributed by atoms with Gasteiger partial charge in [0.2, 0.25) is 5.91 Å². The van der Waals surface area contributed by atoms with Crippen LogP contribution in [0.25, 0.3) is 11.4 Å². The van der Waals surface area contributed by atoms with Crippen molar-refractivity contribution >= 4 is 17.5 Å². The summed E-state index contributed by atoms with van der Waals surface area (Å²) >= 11 is 6.15.